The predicted molar refractivity (Wildman–Crippen MR) is 109 cm³/mol. The molecule has 0 atom stereocenters. The normalized spacial score (nSPS) is 14.4. The van der Waals surface area contributed by atoms with Gasteiger partial charge >= 0.3 is 5.69 Å². The maximum absolute atomic E-state index is 11.8. The van der Waals surface area contributed by atoms with Gasteiger partial charge < -0.3 is 15.0 Å². The molecule has 0 bridgehead atoms. The highest BCUT2D eigenvalue weighted by Gasteiger charge is 2.29. The van der Waals surface area contributed by atoms with Crippen LogP contribution in [0.4, 0.5) is 22.7 Å². The van der Waals surface area contributed by atoms with E-state index in [1.54, 1.807) is 6.07 Å². The molecular formula is C20H17N5O4. The van der Waals surface area contributed by atoms with Crippen molar-refractivity contribution in [1.29, 1.82) is 0 Å². The quantitative estimate of drug-likeness (QED) is 0.413. The molecule has 9 heteroatoms. The summed E-state index contributed by atoms with van der Waals surface area (Å²) in [5.74, 6) is 0. The Hall–Kier alpha value is -3.72. The lowest BCUT2D eigenvalue weighted by Gasteiger charge is -2.28. The fourth-order valence-electron chi connectivity index (χ4n) is 3.66. The summed E-state index contributed by atoms with van der Waals surface area (Å²) in [6, 6.07) is 15.8. The van der Waals surface area contributed by atoms with Crippen LogP contribution in [0.2, 0.25) is 0 Å². The molecule has 1 aromatic heterocycles. The first-order chi connectivity index (χ1) is 14.2. The van der Waals surface area contributed by atoms with E-state index in [2.05, 4.69) is 15.6 Å². The van der Waals surface area contributed by atoms with Gasteiger partial charge in [-0.3, -0.25) is 10.1 Å². The van der Waals surface area contributed by atoms with Crippen LogP contribution < -0.4 is 10.2 Å². The Bertz CT molecular complexity index is 1220. The number of morpholine rings is 1. The Morgan fingerprint density at radius 2 is 1.76 bits per heavy atom. The number of hydrogen-bond acceptors (Lipinski definition) is 8. The van der Waals surface area contributed by atoms with Gasteiger partial charge in [-0.1, -0.05) is 30.3 Å². The first-order valence-corrected chi connectivity index (χ1v) is 9.23. The van der Waals surface area contributed by atoms with Crippen molar-refractivity contribution in [2.75, 3.05) is 36.5 Å². The first kappa shape index (κ1) is 17.4. The first-order valence-electron chi connectivity index (χ1n) is 9.23. The molecular weight excluding hydrogens is 374 g/mol. The molecule has 1 aliphatic heterocycles. The number of ether oxygens (including phenoxy) is 1. The molecule has 0 saturated carbocycles. The van der Waals surface area contributed by atoms with Crippen molar-refractivity contribution in [2.24, 2.45) is 0 Å². The molecule has 0 radical (unpaired) electrons. The number of hydrogen-bond donors (Lipinski definition) is 1. The van der Waals surface area contributed by atoms with E-state index in [1.165, 1.54) is 0 Å². The largest absolute Gasteiger partial charge is 0.378 e. The molecule has 1 saturated heterocycles. The molecule has 1 fully saturated rings. The number of rotatable bonds is 4. The van der Waals surface area contributed by atoms with E-state index in [4.69, 9.17) is 9.37 Å². The third-order valence-corrected chi connectivity index (χ3v) is 5.05. The van der Waals surface area contributed by atoms with E-state index in [0.29, 0.717) is 43.2 Å². The average Bonchev–Trinajstić information content (AvgIpc) is 3.24. The highest BCUT2D eigenvalue weighted by atomic mass is 16.6. The van der Waals surface area contributed by atoms with Gasteiger partial charge in [-0.15, -0.1) is 0 Å². The fraction of sp³-hybridized carbons (Fsp3) is 0.200. The number of fused-ring (bicyclic) bond motifs is 2. The smallest absolute Gasteiger partial charge is 0.323 e. The Kier molecular flexibility index (Phi) is 4.21. The molecule has 146 valence electrons. The number of aromatic nitrogens is 2. The van der Waals surface area contributed by atoms with Crippen molar-refractivity contribution in [3.8, 4) is 0 Å². The number of nitro groups is 1. The molecule has 0 aliphatic carbocycles. The maximum Gasteiger partial charge on any atom is 0.323 e. The molecule has 1 N–H and O–H groups in total. The Labute approximate surface area is 165 Å². The van der Waals surface area contributed by atoms with Gasteiger partial charge in [0.1, 0.15) is 5.69 Å². The van der Waals surface area contributed by atoms with Gasteiger partial charge in [-0.05, 0) is 39.3 Å². The van der Waals surface area contributed by atoms with Gasteiger partial charge in [0.25, 0.3) is 0 Å². The van der Waals surface area contributed by atoms with E-state index in [-0.39, 0.29) is 11.2 Å². The van der Waals surface area contributed by atoms with Crippen molar-refractivity contribution in [3.63, 3.8) is 0 Å². The minimum absolute atomic E-state index is 0.104. The lowest BCUT2D eigenvalue weighted by atomic mass is 10.1. The number of anilines is 3. The molecule has 29 heavy (non-hydrogen) atoms. The van der Waals surface area contributed by atoms with Crippen LogP contribution in [-0.4, -0.2) is 41.5 Å². The van der Waals surface area contributed by atoms with E-state index < -0.39 is 4.92 Å². The molecule has 0 unspecified atom stereocenters. The van der Waals surface area contributed by atoms with Crippen molar-refractivity contribution < 1.29 is 14.3 Å². The summed E-state index contributed by atoms with van der Waals surface area (Å²) in [6.45, 7) is 2.15. The van der Waals surface area contributed by atoms with Crippen molar-refractivity contribution >= 4 is 44.6 Å². The minimum atomic E-state index is -0.433. The lowest BCUT2D eigenvalue weighted by Crippen LogP contribution is -2.36. The number of benzene rings is 3. The summed E-state index contributed by atoms with van der Waals surface area (Å²) in [4.78, 5) is 13.3. The summed E-state index contributed by atoms with van der Waals surface area (Å²) < 4.78 is 10.2. The predicted octanol–water partition coefficient (Wildman–Crippen LogP) is 3.86. The number of nitrogens with one attached hydrogen (secondary N) is 1. The zero-order valence-electron chi connectivity index (χ0n) is 15.4. The Morgan fingerprint density at radius 3 is 2.55 bits per heavy atom. The summed E-state index contributed by atoms with van der Waals surface area (Å²) in [5, 5.41) is 25.1. The minimum Gasteiger partial charge on any atom is -0.378 e. The van der Waals surface area contributed by atoms with Gasteiger partial charge in [0.15, 0.2) is 5.52 Å². The van der Waals surface area contributed by atoms with Crippen LogP contribution in [0.15, 0.2) is 53.2 Å². The van der Waals surface area contributed by atoms with Crippen LogP contribution in [0.25, 0.3) is 21.8 Å². The molecule has 5 rings (SSSR count). The summed E-state index contributed by atoms with van der Waals surface area (Å²) in [7, 11) is 0. The van der Waals surface area contributed by atoms with E-state index >= 15 is 0 Å². The summed E-state index contributed by atoms with van der Waals surface area (Å²) >= 11 is 0. The van der Waals surface area contributed by atoms with Crippen LogP contribution in [0, 0.1) is 10.1 Å². The van der Waals surface area contributed by atoms with Gasteiger partial charge in [0.05, 0.1) is 23.8 Å². The fourth-order valence-corrected chi connectivity index (χ4v) is 3.66. The molecule has 2 heterocycles. The summed E-state index contributed by atoms with van der Waals surface area (Å²) in [5.41, 5.74) is 2.26. The van der Waals surface area contributed by atoms with Crippen molar-refractivity contribution in [2.45, 2.75) is 0 Å². The molecule has 0 spiro atoms. The molecule has 0 amide bonds. The third-order valence-electron chi connectivity index (χ3n) is 5.05. The molecule has 3 aromatic carbocycles. The number of nitrogens with zero attached hydrogens (tertiary/aromatic N) is 4. The van der Waals surface area contributed by atoms with Crippen LogP contribution in [0.5, 0.6) is 0 Å². The summed E-state index contributed by atoms with van der Waals surface area (Å²) in [6.07, 6.45) is 0. The lowest BCUT2D eigenvalue weighted by molar-refractivity contribution is -0.382. The van der Waals surface area contributed by atoms with Crippen molar-refractivity contribution in [3.05, 3.63) is 58.6 Å². The second-order valence-corrected chi connectivity index (χ2v) is 6.80. The van der Waals surface area contributed by atoms with Crippen LogP contribution in [-0.2, 0) is 4.74 Å². The maximum atomic E-state index is 11.8. The topological polar surface area (TPSA) is 107 Å². The highest BCUT2D eigenvalue weighted by molar-refractivity contribution is 6.01. The molecule has 9 nitrogen and oxygen atoms in total. The van der Waals surface area contributed by atoms with Crippen LogP contribution in [0.3, 0.4) is 0 Å². The zero-order valence-corrected chi connectivity index (χ0v) is 15.4. The second kappa shape index (κ2) is 7.02. The highest BCUT2D eigenvalue weighted by Crippen LogP contribution is 2.40. The van der Waals surface area contributed by atoms with E-state index in [1.807, 2.05) is 47.4 Å². The number of nitro benzene ring substituents is 1. The van der Waals surface area contributed by atoms with E-state index in [9.17, 15) is 10.1 Å². The van der Waals surface area contributed by atoms with Gasteiger partial charge in [0.2, 0.25) is 5.52 Å². The van der Waals surface area contributed by atoms with Crippen LogP contribution in [0.1, 0.15) is 0 Å². The van der Waals surface area contributed by atoms with Crippen molar-refractivity contribution in [1.82, 2.24) is 10.3 Å². The zero-order chi connectivity index (χ0) is 19.8. The van der Waals surface area contributed by atoms with Gasteiger partial charge in [-0.2, -0.15) is 0 Å². The Morgan fingerprint density at radius 1 is 1.00 bits per heavy atom. The molecule has 4 aromatic rings. The van der Waals surface area contributed by atoms with Crippen LogP contribution >= 0.6 is 0 Å². The third kappa shape index (κ3) is 3.11. The average molecular weight is 391 g/mol. The van der Waals surface area contributed by atoms with Gasteiger partial charge in [0, 0.05) is 18.8 Å². The second-order valence-electron chi connectivity index (χ2n) is 6.80. The Balaban J connectivity index is 1.63. The SMILES string of the molecule is O=[N+]([O-])c1c(N2CCOCC2)cc(Nc2ccc3ccccc3c2)c2nonc12. The standard InChI is InChI=1S/C20H17N5O4/c26-25(27)20-17(24-7-9-28-10-8-24)12-16(18-19(20)23-29-22-18)21-15-6-5-13-3-1-2-4-14(13)11-15/h1-6,11-12,21H,7-10H2. The molecule has 1 aliphatic rings. The van der Waals surface area contributed by atoms with E-state index in [0.717, 1.165) is 16.5 Å². The van der Waals surface area contributed by atoms with Gasteiger partial charge in [-0.25, -0.2) is 4.63 Å². The monoisotopic (exact) mass is 391 g/mol.